The molecule has 2 heterocycles. The Kier molecular flexibility index (Phi) is 4.11. The van der Waals surface area contributed by atoms with Crippen LogP contribution >= 0.6 is 0 Å². The molecule has 0 bridgehead atoms. The van der Waals surface area contributed by atoms with Crippen molar-refractivity contribution >= 4 is 11.9 Å². The molecule has 1 atom stereocenters. The van der Waals surface area contributed by atoms with Crippen LogP contribution < -0.4 is 20.9 Å². The van der Waals surface area contributed by atoms with Gasteiger partial charge in [0, 0.05) is 20.2 Å². The molecule has 0 amide bonds. The minimum Gasteiger partial charge on any atom is -0.467 e. The number of nitrogens with one attached hydrogen (secondary N) is 1. The molecule has 100 valence electrons. The summed E-state index contributed by atoms with van der Waals surface area (Å²) in [7, 11) is 3.40. The summed E-state index contributed by atoms with van der Waals surface area (Å²) in [5.41, 5.74) is 2.39. The van der Waals surface area contributed by atoms with E-state index in [-0.39, 0.29) is 18.1 Å². The minimum absolute atomic E-state index is 0.229. The summed E-state index contributed by atoms with van der Waals surface area (Å²) in [5, 5.41) is 0. The van der Waals surface area contributed by atoms with Crippen molar-refractivity contribution in [3.8, 4) is 6.01 Å². The normalized spacial score (nSPS) is 18.7. The second-order valence-electron chi connectivity index (χ2n) is 4.11. The Morgan fingerprint density at radius 1 is 1.50 bits per heavy atom. The summed E-state index contributed by atoms with van der Waals surface area (Å²) in [6.07, 6.45) is 2.40. The third kappa shape index (κ3) is 2.96. The number of ether oxygens (including phenoxy) is 2. The first-order valence-electron chi connectivity index (χ1n) is 5.82. The molecular weight excluding hydrogens is 236 g/mol. The fraction of sp³-hybridized carbons (Fsp3) is 0.700. The Morgan fingerprint density at radius 2 is 2.33 bits per heavy atom. The molecule has 1 aromatic rings. The van der Waals surface area contributed by atoms with Crippen LogP contribution in [0.3, 0.4) is 0 Å². The van der Waals surface area contributed by atoms with Crippen molar-refractivity contribution in [1.29, 1.82) is 0 Å². The van der Waals surface area contributed by atoms with Crippen molar-refractivity contribution in [2.24, 2.45) is 5.84 Å². The van der Waals surface area contributed by atoms with E-state index in [0.717, 1.165) is 26.0 Å². The number of hydrogen-bond donors (Lipinski definition) is 2. The highest BCUT2D eigenvalue weighted by Gasteiger charge is 2.19. The van der Waals surface area contributed by atoms with E-state index in [2.05, 4.69) is 20.4 Å². The second kappa shape index (κ2) is 5.78. The summed E-state index contributed by atoms with van der Waals surface area (Å²) in [6.45, 7) is 1.56. The van der Waals surface area contributed by atoms with Gasteiger partial charge in [0.05, 0.1) is 13.2 Å². The quantitative estimate of drug-likeness (QED) is 0.549. The van der Waals surface area contributed by atoms with Crippen LogP contribution in [0.4, 0.5) is 11.9 Å². The number of nitrogen functional groups attached to an aromatic ring is 1. The number of rotatable bonds is 5. The van der Waals surface area contributed by atoms with Gasteiger partial charge in [0.1, 0.15) is 0 Å². The summed E-state index contributed by atoms with van der Waals surface area (Å²) < 4.78 is 10.6. The molecule has 8 nitrogen and oxygen atoms in total. The first-order chi connectivity index (χ1) is 8.72. The largest absolute Gasteiger partial charge is 0.467 e. The van der Waals surface area contributed by atoms with E-state index >= 15 is 0 Å². The summed E-state index contributed by atoms with van der Waals surface area (Å²) >= 11 is 0. The highest BCUT2D eigenvalue weighted by Crippen LogP contribution is 2.17. The summed E-state index contributed by atoms with van der Waals surface area (Å²) in [4.78, 5) is 14.2. The monoisotopic (exact) mass is 254 g/mol. The lowest BCUT2D eigenvalue weighted by atomic mass is 10.2. The summed E-state index contributed by atoms with van der Waals surface area (Å²) in [5.74, 6) is 6.08. The average molecular weight is 254 g/mol. The molecule has 1 fully saturated rings. The highest BCUT2D eigenvalue weighted by atomic mass is 16.5. The molecule has 0 aromatic carbocycles. The van der Waals surface area contributed by atoms with Gasteiger partial charge in [0.15, 0.2) is 0 Å². The predicted molar refractivity (Wildman–Crippen MR) is 66.4 cm³/mol. The van der Waals surface area contributed by atoms with E-state index in [1.54, 1.807) is 0 Å². The van der Waals surface area contributed by atoms with Crippen LogP contribution in [-0.2, 0) is 4.74 Å². The number of nitrogens with zero attached hydrogens (tertiary/aromatic N) is 4. The van der Waals surface area contributed by atoms with Crippen LogP contribution in [0.15, 0.2) is 0 Å². The molecule has 1 aliphatic heterocycles. The van der Waals surface area contributed by atoms with Crippen LogP contribution in [0, 0.1) is 0 Å². The van der Waals surface area contributed by atoms with E-state index in [0.29, 0.717) is 5.95 Å². The van der Waals surface area contributed by atoms with Gasteiger partial charge in [-0.05, 0) is 12.8 Å². The van der Waals surface area contributed by atoms with E-state index in [4.69, 9.17) is 15.3 Å². The molecule has 8 heteroatoms. The van der Waals surface area contributed by atoms with Gasteiger partial charge >= 0.3 is 6.01 Å². The van der Waals surface area contributed by atoms with Crippen molar-refractivity contribution in [2.45, 2.75) is 18.9 Å². The summed E-state index contributed by atoms with van der Waals surface area (Å²) in [6, 6.07) is 0.229. The van der Waals surface area contributed by atoms with E-state index < -0.39 is 0 Å². The zero-order valence-electron chi connectivity index (χ0n) is 10.6. The topological polar surface area (TPSA) is 98.4 Å². The molecule has 18 heavy (non-hydrogen) atoms. The Morgan fingerprint density at radius 3 is 2.94 bits per heavy atom. The predicted octanol–water partition coefficient (Wildman–Crippen LogP) is -0.219. The van der Waals surface area contributed by atoms with Crippen molar-refractivity contribution in [3.63, 3.8) is 0 Å². The molecule has 1 saturated heterocycles. The number of hydrazine groups is 1. The lowest BCUT2D eigenvalue weighted by Crippen LogP contribution is -2.30. The van der Waals surface area contributed by atoms with Gasteiger partial charge < -0.3 is 14.4 Å². The molecule has 0 saturated carbocycles. The first-order valence-corrected chi connectivity index (χ1v) is 5.82. The number of hydrogen-bond acceptors (Lipinski definition) is 8. The van der Waals surface area contributed by atoms with Crippen molar-refractivity contribution < 1.29 is 9.47 Å². The van der Waals surface area contributed by atoms with Gasteiger partial charge in [-0.1, -0.05) is 0 Å². The van der Waals surface area contributed by atoms with E-state index in [1.807, 2.05) is 11.9 Å². The van der Waals surface area contributed by atoms with Crippen LogP contribution in [0.2, 0.25) is 0 Å². The molecule has 0 radical (unpaired) electrons. The first kappa shape index (κ1) is 12.8. The number of anilines is 2. The number of methoxy groups -OCH3 is 1. The van der Waals surface area contributed by atoms with Gasteiger partial charge in [-0.25, -0.2) is 5.84 Å². The van der Waals surface area contributed by atoms with Crippen LogP contribution in [-0.4, -0.2) is 48.4 Å². The minimum atomic E-state index is 0.229. The zero-order chi connectivity index (χ0) is 13.0. The van der Waals surface area contributed by atoms with Gasteiger partial charge in [-0.3, -0.25) is 5.43 Å². The molecule has 1 aliphatic rings. The van der Waals surface area contributed by atoms with Crippen molar-refractivity contribution in [3.05, 3.63) is 0 Å². The Labute approximate surface area is 105 Å². The fourth-order valence-electron chi connectivity index (χ4n) is 1.85. The van der Waals surface area contributed by atoms with Crippen LogP contribution in [0.5, 0.6) is 6.01 Å². The lowest BCUT2D eigenvalue weighted by molar-refractivity contribution is 0.116. The third-order valence-electron chi connectivity index (χ3n) is 2.76. The van der Waals surface area contributed by atoms with E-state index in [9.17, 15) is 0 Å². The van der Waals surface area contributed by atoms with Crippen LogP contribution in [0.1, 0.15) is 12.8 Å². The molecule has 3 N–H and O–H groups in total. The zero-order valence-corrected chi connectivity index (χ0v) is 10.6. The SMILES string of the molecule is COc1nc(NN)nc(N(C)CC2CCCO2)n1. The third-order valence-corrected chi connectivity index (χ3v) is 2.76. The maximum absolute atomic E-state index is 5.57. The molecule has 2 rings (SSSR count). The standard InChI is InChI=1S/C10H18N6O2/c1-16(6-7-4-3-5-18-7)9-12-8(15-11)13-10(14-9)17-2/h7H,3-6,11H2,1-2H3,(H,12,13,14,15). The van der Waals surface area contributed by atoms with Crippen LogP contribution in [0.25, 0.3) is 0 Å². The Balaban J connectivity index is 2.09. The lowest BCUT2D eigenvalue weighted by Gasteiger charge is -2.21. The molecule has 0 spiro atoms. The Hall–Kier alpha value is -1.67. The Bertz CT molecular complexity index is 374. The number of likely N-dealkylation sites (N-methyl/N-ethyl adjacent to an activating group) is 1. The smallest absolute Gasteiger partial charge is 0.322 e. The van der Waals surface area contributed by atoms with E-state index in [1.165, 1.54) is 7.11 Å². The van der Waals surface area contributed by atoms with Crippen molar-refractivity contribution in [2.75, 3.05) is 37.6 Å². The fourth-order valence-corrected chi connectivity index (χ4v) is 1.85. The van der Waals surface area contributed by atoms with Gasteiger partial charge in [0.25, 0.3) is 0 Å². The van der Waals surface area contributed by atoms with Crippen molar-refractivity contribution in [1.82, 2.24) is 15.0 Å². The molecule has 1 aromatic heterocycles. The molecule has 1 unspecified atom stereocenters. The maximum atomic E-state index is 5.57. The highest BCUT2D eigenvalue weighted by molar-refractivity contribution is 5.37. The van der Waals surface area contributed by atoms with Gasteiger partial charge in [-0.2, -0.15) is 15.0 Å². The molecule has 0 aliphatic carbocycles. The van der Waals surface area contributed by atoms with Gasteiger partial charge in [0.2, 0.25) is 11.9 Å². The maximum Gasteiger partial charge on any atom is 0.322 e. The molecular formula is C10H18N6O2. The van der Waals surface area contributed by atoms with Gasteiger partial charge in [-0.15, -0.1) is 0 Å². The number of nitrogens with two attached hydrogens (primary N) is 1. The second-order valence-corrected chi connectivity index (χ2v) is 4.11. The number of aromatic nitrogens is 3. The average Bonchev–Trinajstić information content (AvgIpc) is 2.90.